The largest absolute Gasteiger partial charge is 0.381 e. The summed E-state index contributed by atoms with van der Waals surface area (Å²) >= 11 is 0. The van der Waals surface area contributed by atoms with Gasteiger partial charge in [0.25, 0.3) is 0 Å². The molecule has 1 N–H and O–H groups in total. The van der Waals surface area contributed by atoms with Crippen LogP contribution in [0.25, 0.3) is 0 Å². The van der Waals surface area contributed by atoms with Gasteiger partial charge in [0.1, 0.15) is 6.67 Å². The number of rotatable bonds is 4. The number of halogens is 1. The van der Waals surface area contributed by atoms with Crippen molar-refractivity contribution >= 4 is 5.69 Å². The summed E-state index contributed by atoms with van der Waals surface area (Å²) in [5.41, 5.74) is 2.31. The summed E-state index contributed by atoms with van der Waals surface area (Å²) in [7, 11) is 0. The Balaban J connectivity index is 2.45. The number of anilines is 1. The van der Waals surface area contributed by atoms with Gasteiger partial charge in [0.05, 0.1) is 0 Å². The van der Waals surface area contributed by atoms with Crippen LogP contribution in [-0.2, 0) is 0 Å². The smallest absolute Gasteiger partial charge is 0.108 e. The van der Waals surface area contributed by atoms with Gasteiger partial charge in [-0.25, -0.2) is 4.39 Å². The van der Waals surface area contributed by atoms with E-state index in [9.17, 15) is 4.39 Å². The zero-order valence-corrected chi connectivity index (χ0v) is 7.76. The molecule has 0 aliphatic heterocycles. The molecular weight excluding hydrogens is 165 g/mol. The van der Waals surface area contributed by atoms with Crippen molar-refractivity contribution < 1.29 is 4.39 Å². The molecule has 0 aliphatic rings. The molecule has 0 atom stereocenters. The molecule has 0 spiro atoms. The second-order valence-corrected chi connectivity index (χ2v) is 2.82. The molecule has 1 aromatic rings. The van der Waals surface area contributed by atoms with Gasteiger partial charge in [-0.15, -0.1) is 0 Å². The highest BCUT2D eigenvalue weighted by Gasteiger charge is 1.91. The minimum Gasteiger partial charge on any atom is -0.381 e. The predicted octanol–water partition coefficient (Wildman–Crippen LogP) is 2.93. The molecule has 70 valence electrons. The Hall–Kier alpha value is -1.31. The first kappa shape index (κ1) is 9.78. The van der Waals surface area contributed by atoms with E-state index in [0.29, 0.717) is 6.54 Å². The quantitative estimate of drug-likeness (QED) is 0.701. The molecule has 0 amide bonds. The zero-order chi connectivity index (χ0) is 9.52. The Bertz CT molecular complexity index is 281. The van der Waals surface area contributed by atoms with Crippen molar-refractivity contribution in [2.24, 2.45) is 0 Å². The van der Waals surface area contributed by atoms with Crippen LogP contribution in [-0.4, -0.2) is 13.2 Å². The second-order valence-electron chi connectivity index (χ2n) is 2.82. The standard InChI is InChI=1S/C11H14FN/c1-10-6-2-3-7-11(10)13-9-5-4-8-12/h2-7,13H,8-9H2,1H3/b5-4-. The lowest BCUT2D eigenvalue weighted by Gasteiger charge is -2.05. The Morgan fingerprint density at radius 2 is 2.08 bits per heavy atom. The van der Waals surface area contributed by atoms with E-state index in [4.69, 9.17) is 0 Å². The van der Waals surface area contributed by atoms with E-state index in [1.165, 1.54) is 11.6 Å². The van der Waals surface area contributed by atoms with Gasteiger partial charge >= 0.3 is 0 Å². The summed E-state index contributed by atoms with van der Waals surface area (Å²) in [4.78, 5) is 0. The summed E-state index contributed by atoms with van der Waals surface area (Å²) in [5.74, 6) is 0. The highest BCUT2D eigenvalue weighted by molar-refractivity contribution is 5.50. The van der Waals surface area contributed by atoms with Gasteiger partial charge in [-0.1, -0.05) is 30.4 Å². The van der Waals surface area contributed by atoms with Crippen LogP contribution in [0.5, 0.6) is 0 Å². The second kappa shape index (κ2) is 5.36. The number of hydrogen-bond acceptors (Lipinski definition) is 1. The van der Waals surface area contributed by atoms with E-state index in [1.54, 1.807) is 6.08 Å². The normalized spacial score (nSPS) is 10.6. The molecule has 0 saturated carbocycles. The lowest BCUT2D eigenvalue weighted by Crippen LogP contribution is -1.99. The first-order valence-corrected chi connectivity index (χ1v) is 4.35. The highest BCUT2D eigenvalue weighted by atomic mass is 19.1. The van der Waals surface area contributed by atoms with E-state index < -0.39 is 6.67 Å². The summed E-state index contributed by atoms with van der Waals surface area (Å²) in [5, 5.41) is 3.19. The van der Waals surface area contributed by atoms with Crippen molar-refractivity contribution in [3.63, 3.8) is 0 Å². The molecule has 0 heterocycles. The maximum absolute atomic E-state index is 11.7. The minimum absolute atomic E-state index is 0.393. The molecular formula is C11H14FN. The molecule has 0 saturated heterocycles. The fourth-order valence-corrected chi connectivity index (χ4v) is 1.09. The molecule has 1 rings (SSSR count). The van der Waals surface area contributed by atoms with Gasteiger partial charge in [0, 0.05) is 12.2 Å². The number of aryl methyl sites for hydroxylation is 1. The van der Waals surface area contributed by atoms with E-state index in [2.05, 4.69) is 5.32 Å². The topological polar surface area (TPSA) is 12.0 Å². The van der Waals surface area contributed by atoms with Crippen LogP contribution in [0.1, 0.15) is 5.56 Å². The number of benzene rings is 1. The summed E-state index contributed by atoms with van der Waals surface area (Å²) in [6.07, 6.45) is 3.29. The first-order chi connectivity index (χ1) is 6.34. The maximum atomic E-state index is 11.7. The summed E-state index contributed by atoms with van der Waals surface area (Å²) in [6, 6.07) is 8.03. The van der Waals surface area contributed by atoms with Gasteiger partial charge < -0.3 is 5.32 Å². The summed E-state index contributed by atoms with van der Waals surface area (Å²) < 4.78 is 11.7. The molecule has 1 aromatic carbocycles. The van der Waals surface area contributed by atoms with Crippen molar-refractivity contribution in [3.8, 4) is 0 Å². The summed E-state index contributed by atoms with van der Waals surface area (Å²) in [6.45, 7) is 2.32. The van der Waals surface area contributed by atoms with Crippen molar-refractivity contribution in [1.82, 2.24) is 0 Å². The lowest BCUT2D eigenvalue weighted by atomic mass is 10.2. The van der Waals surface area contributed by atoms with Gasteiger partial charge in [-0.2, -0.15) is 0 Å². The third-order valence-corrected chi connectivity index (χ3v) is 1.81. The highest BCUT2D eigenvalue weighted by Crippen LogP contribution is 2.12. The van der Waals surface area contributed by atoms with Gasteiger partial charge in [0.15, 0.2) is 0 Å². The molecule has 2 heteroatoms. The monoisotopic (exact) mass is 179 g/mol. The fourth-order valence-electron chi connectivity index (χ4n) is 1.09. The Kier molecular flexibility index (Phi) is 4.03. The molecule has 1 nitrogen and oxygen atoms in total. The maximum Gasteiger partial charge on any atom is 0.108 e. The molecule has 0 unspecified atom stereocenters. The van der Waals surface area contributed by atoms with Crippen LogP contribution in [0.3, 0.4) is 0 Å². The van der Waals surface area contributed by atoms with Crippen LogP contribution < -0.4 is 5.32 Å². The number of nitrogens with one attached hydrogen (secondary N) is 1. The lowest BCUT2D eigenvalue weighted by molar-refractivity contribution is 0.561. The number of para-hydroxylation sites is 1. The van der Waals surface area contributed by atoms with Crippen LogP contribution in [0.2, 0.25) is 0 Å². The van der Waals surface area contributed by atoms with E-state index in [1.807, 2.05) is 31.2 Å². The average molecular weight is 179 g/mol. The number of alkyl halides is 1. The van der Waals surface area contributed by atoms with Crippen molar-refractivity contribution in [2.45, 2.75) is 6.92 Å². The SMILES string of the molecule is Cc1ccccc1NC/C=C\CF. The Labute approximate surface area is 78.3 Å². The average Bonchev–Trinajstić information content (AvgIpc) is 2.15. The Morgan fingerprint density at radius 3 is 2.77 bits per heavy atom. The molecule has 0 fully saturated rings. The molecule has 0 bridgehead atoms. The molecule has 13 heavy (non-hydrogen) atoms. The van der Waals surface area contributed by atoms with Crippen molar-refractivity contribution in [2.75, 3.05) is 18.5 Å². The van der Waals surface area contributed by atoms with Crippen LogP contribution >= 0.6 is 0 Å². The van der Waals surface area contributed by atoms with Crippen LogP contribution in [0.15, 0.2) is 36.4 Å². The number of hydrogen-bond donors (Lipinski definition) is 1. The van der Waals surface area contributed by atoms with Crippen LogP contribution in [0, 0.1) is 6.92 Å². The molecule has 0 radical (unpaired) electrons. The molecule has 0 aliphatic carbocycles. The number of allylic oxidation sites excluding steroid dienone is 1. The molecule has 0 aromatic heterocycles. The van der Waals surface area contributed by atoms with Crippen molar-refractivity contribution in [3.05, 3.63) is 42.0 Å². The van der Waals surface area contributed by atoms with E-state index in [-0.39, 0.29) is 0 Å². The fraction of sp³-hybridized carbons (Fsp3) is 0.273. The zero-order valence-electron chi connectivity index (χ0n) is 7.76. The van der Waals surface area contributed by atoms with Crippen LogP contribution in [0.4, 0.5) is 10.1 Å². The predicted molar refractivity (Wildman–Crippen MR) is 54.8 cm³/mol. The minimum atomic E-state index is -0.393. The van der Waals surface area contributed by atoms with Gasteiger partial charge in [-0.05, 0) is 18.6 Å². The van der Waals surface area contributed by atoms with Gasteiger partial charge in [-0.3, -0.25) is 0 Å². The third kappa shape index (κ3) is 3.28. The Morgan fingerprint density at radius 1 is 1.31 bits per heavy atom. The van der Waals surface area contributed by atoms with Crippen molar-refractivity contribution in [1.29, 1.82) is 0 Å². The van der Waals surface area contributed by atoms with E-state index in [0.717, 1.165) is 5.69 Å². The van der Waals surface area contributed by atoms with Gasteiger partial charge in [0.2, 0.25) is 0 Å². The first-order valence-electron chi connectivity index (χ1n) is 4.35. The third-order valence-electron chi connectivity index (χ3n) is 1.81. The van der Waals surface area contributed by atoms with E-state index >= 15 is 0 Å².